The maximum atomic E-state index is 13.0. The van der Waals surface area contributed by atoms with Crippen LogP contribution in [0.4, 0.5) is 20.4 Å². The number of benzene rings is 1. The summed E-state index contributed by atoms with van der Waals surface area (Å²) in [6, 6.07) is 8.54. The smallest absolute Gasteiger partial charge is 0.280 e. The molecule has 1 aromatic carbocycles. The Balaban J connectivity index is 1.39. The van der Waals surface area contributed by atoms with Crippen LogP contribution in [0, 0.1) is 6.92 Å². The highest BCUT2D eigenvalue weighted by molar-refractivity contribution is 7.82. The van der Waals surface area contributed by atoms with Crippen LogP contribution in [0.2, 0.25) is 0 Å². The molecule has 2 fully saturated rings. The van der Waals surface area contributed by atoms with E-state index >= 15 is 0 Å². The number of alkyl halides is 2. The highest BCUT2D eigenvalue weighted by Crippen LogP contribution is 2.24. The Bertz CT molecular complexity index is 949. The van der Waals surface area contributed by atoms with E-state index in [1.54, 1.807) is 24.0 Å². The predicted octanol–water partition coefficient (Wildman–Crippen LogP) is 2.69. The number of aromatic nitrogens is 2. The lowest BCUT2D eigenvalue weighted by Crippen LogP contribution is -2.47. The lowest BCUT2D eigenvalue weighted by atomic mass is 10.3. The SMILES string of the molecule is Cc1cc(C(F)F)nc(N2CCN(S(=O)c3ccc(N4CCCC4=O)cc3)CC2)n1. The molecule has 0 N–H and O–H groups in total. The minimum absolute atomic E-state index is 0.119. The second kappa shape index (κ2) is 8.73. The molecule has 2 saturated heterocycles. The molecular formula is C20H23F2N5O2S. The first-order chi connectivity index (χ1) is 14.4. The first kappa shape index (κ1) is 20.8. The number of carbonyl (C=O) groups excluding carboxylic acids is 1. The van der Waals surface area contributed by atoms with Gasteiger partial charge in [0.1, 0.15) is 16.7 Å². The highest BCUT2D eigenvalue weighted by Gasteiger charge is 2.26. The molecule has 0 bridgehead atoms. The van der Waals surface area contributed by atoms with Gasteiger partial charge in [0.05, 0.1) is 4.90 Å². The van der Waals surface area contributed by atoms with Crippen molar-refractivity contribution < 1.29 is 17.8 Å². The molecule has 2 aromatic rings. The molecule has 0 aliphatic carbocycles. The van der Waals surface area contributed by atoms with E-state index in [0.29, 0.717) is 43.2 Å². The molecule has 1 amide bonds. The molecule has 7 nitrogen and oxygen atoms in total. The predicted molar refractivity (Wildman–Crippen MR) is 110 cm³/mol. The first-order valence-electron chi connectivity index (χ1n) is 9.88. The fourth-order valence-corrected chi connectivity index (χ4v) is 4.86. The molecule has 3 heterocycles. The summed E-state index contributed by atoms with van der Waals surface area (Å²) in [5.41, 5.74) is 1.05. The van der Waals surface area contributed by atoms with E-state index in [1.807, 2.05) is 21.3 Å². The van der Waals surface area contributed by atoms with Crippen molar-refractivity contribution in [1.29, 1.82) is 0 Å². The van der Waals surface area contributed by atoms with Gasteiger partial charge < -0.3 is 9.80 Å². The molecule has 1 aromatic heterocycles. The van der Waals surface area contributed by atoms with Crippen molar-refractivity contribution in [2.24, 2.45) is 0 Å². The molecule has 2 aliphatic heterocycles. The third-order valence-corrected chi connectivity index (χ3v) is 6.77. The van der Waals surface area contributed by atoms with Crippen LogP contribution in [0.15, 0.2) is 35.2 Å². The minimum atomic E-state index is -2.64. The molecule has 0 radical (unpaired) electrons. The first-order valence-corrected chi connectivity index (χ1v) is 11.0. The zero-order valence-electron chi connectivity index (χ0n) is 16.6. The summed E-state index contributed by atoms with van der Waals surface area (Å²) in [5, 5.41) is 0. The number of piperazine rings is 1. The molecule has 4 rings (SSSR count). The van der Waals surface area contributed by atoms with Crippen LogP contribution < -0.4 is 9.80 Å². The van der Waals surface area contributed by atoms with Gasteiger partial charge in [-0.25, -0.2) is 27.3 Å². The van der Waals surface area contributed by atoms with E-state index in [9.17, 15) is 17.8 Å². The normalized spacial score (nSPS) is 19.0. The lowest BCUT2D eigenvalue weighted by Gasteiger charge is -2.34. The summed E-state index contributed by atoms with van der Waals surface area (Å²) in [6.07, 6.45) is -1.21. The number of rotatable bonds is 5. The van der Waals surface area contributed by atoms with Crippen LogP contribution in [0.5, 0.6) is 0 Å². The van der Waals surface area contributed by atoms with Gasteiger partial charge >= 0.3 is 0 Å². The molecule has 0 saturated carbocycles. The van der Waals surface area contributed by atoms with Crippen molar-refractivity contribution in [3.63, 3.8) is 0 Å². The van der Waals surface area contributed by atoms with Crippen molar-refractivity contribution in [3.05, 3.63) is 41.7 Å². The van der Waals surface area contributed by atoms with Gasteiger partial charge in [-0.2, -0.15) is 0 Å². The fraction of sp³-hybridized carbons (Fsp3) is 0.450. The van der Waals surface area contributed by atoms with Gasteiger partial charge in [0.25, 0.3) is 6.43 Å². The Kier molecular flexibility index (Phi) is 6.05. The topological polar surface area (TPSA) is 69.6 Å². The third-order valence-electron chi connectivity index (χ3n) is 5.27. The van der Waals surface area contributed by atoms with E-state index in [4.69, 9.17) is 0 Å². The molecule has 30 heavy (non-hydrogen) atoms. The van der Waals surface area contributed by atoms with Gasteiger partial charge in [-0.3, -0.25) is 4.79 Å². The van der Waals surface area contributed by atoms with Gasteiger partial charge in [-0.15, -0.1) is 0 Å². The van der Waals surface area contributed by atoms with Crippen LogP contribution in [0.25, 0.3) is 0 Å². The minimum Gasteiger partial charge on any atom is -0.338 e. The largest absolute Gasteiger partial charge is 0.338 e. The molecule has 1 unspecified atom stereocenters. The molecular weight excluding hydrogens is 412 g/mol. The lowest BCUT2D eigenvalue weighted by molar-refractivity contribution is -0.117. The second-order valence-electron chi connectivity index (χ2n) is 7.34. The van der Waals surface area contributed by atoms with Crippen LogP contribution in [-0.4, -0.2) is 57.1 Å². The van der Waals surface area contributed by atoms with Crippen LogP contribution in [0.3, 0.4) is 0 Å². The Morgan fingerprint density at radius 2 is 1.73 bits per heavy atom. The summed E-state index contributed by atoms with van der Waals surface area (Å²) in [5.74, 6) is 0.406. The highest BCUT2D eigenvalue weighted by atomic mass is 32.2. The quantitative estimate of drug-likeness (QED) is 0.722. The average molecular weight is 436 g/mol. The number of amides is 1. The third kappa shape index (κ3) is 4.34. The van der Waals surface area contributed by atoms with Gasteiger partial charge in [0.2, 0.25) is 11.9 Å². The van der Waals surface area contributed by atoms with Crippen molar-refractivity contribution in [2.75, 3.05) is 42.5 Å². The molecule has 1 atom stereocenters. The summed E-state index contributed by atoms with van der Waals surface area (Å²) in [4.78, 5) is 24.4. The van der Waals surface area contributed by atoms with Crippen molar-refractivity contribution in [2.45, 2.75) is 31.1 Å². The summed E-state index contributed by atoms with van der Waals surface area (Å²) >= 11 is 0. The molecule has 160 valence electrons. The Labute approximate surface area is 176 Å². The monoisotopic (exact) mass is 435 g/mol. The van der Waals surface area contributed by atoms with E-state index in [-0.39, 0.29) is 17.5 Å². The van der Waals surface area contributed by atoms with Crippen LogP contribution in [0.1, 0.15) is 30.7 Å². The maximum Gasteiger partial charge on any atom is 0.280 e. The molecule has 10 heteroatoms. The second-order valence-corrected chi connectivity index (χ2v) is 8.83. The molecule has 0 spiro atoms. The van der Waals surface area contributed by atoms with Gasteiger partial charge in [-0.1, -0.05) is 0 Å². The van der Waals surface area contributed by atoms with Gasteiger partial charge in [-0.05, 0) is 43.7 Å². The summed E-state index contributed by atoms with van der Waals surface area (Å²) < 4.78 is 40.8. The number of aryl methyl sites for hydroxylation is 1. The Hall–Kier alpha value is -2.46. The summed E-state index contributed by atoms with van der Waals surface area (Å²) in [7, 11) is -1.33. The van der Waals surface area contributed by atoms with E-state index in [0.717, 1.165) is 18.7 Å². The van der Waals surface area contributed by atoms with E-state index < -0.39 is 17.4 Å². The molecule has 2 aliphatic rings. The number of halogens is 2. The Morgan fingerprint density at radius 3 is 2.33 bits per heavy atom. The zero-order valence-corrected chi connectivity index (χ0v) is 17.4. The van der Waals surface area contributed by atoms with Gasteiger partial charge in [0, 0.05) is 50.5 Å². The van der Waals surface area contributed by atoms with Crippen molar-refractivity contribution >= 4 is 28.5 Å². The van der Waals surface area contributed by atoms with Gasteiger partial charge in [0.15, 0.2) is 0 Å². The average Bonchev–Trinajstić information content (AvgIpc) is 3.19. The van der Waals surface area contributed by atoms with E-state index in [2.05, 4.69) is 9.97 Å². The summed E-state index contributed by atoms with van der Waals surface area (Å²) in [6.45, 7) is 4.39. The number of hydrogen-bond donors (Lipinski definition) is 0. The van der Waals surface area contributed by atoms with Crippen molar-refractivity contribution in [1.82, 2.24) is 14.3 Å². The number of carbonyl (C=O) groups is 1. The maximum absolute atomic E-state index is 13.0. The standard InChI is InChI=1S/C20H23F2N5O2S/c1-14-13-17(19(21)22)24-20(23-14)25-9-11-26(12-10-25)30(29)16-6-4-15(5-7-16)27-8-2-3-18(27)28/h4-7,13,19H,2-3,8-12H2,1H3. The number of anilines is 2. The fourth-order valence-electron chi connectivity index (χ4n) is 3.70. The van der Waals surface area contributed by atoms with Crippen LogP contribution >= 0.6 is 0 Å². The van der Waals surface area contributed by atoms with E-state index in [1.165, 1.54) is 6.07 Å². The van der Waals surface area contributed by atoms with Crippen molar-refractivity contribution in [3.8, 4) is 0 Å². The zero-order chi connectivity index (χ0) is 21.3. The number of hydrogen-bond acceptors (Lipinski definition) is 5. The number of nitrogens with zero attached hydrogens (tertiary/aromatic N) is 5. The Morgan fingerprint density at radius 1 is 1.03 bits per heavy atom. The van der Waals surface area contributed by atoms with Crippen LogP contribution in [-0.2, 0) is 15.8 Å².